The number of Topliss-reactive ketones (excluding diaryl/α,β-unsaturated/α-hetero) is 1. The van der Waals surface area contributed by atoms with Gasteiger partial charge in [0.15, 0.2) is 5.78 Å². The van der Waals surface area contributed by atoms with E-state index in [9.17, 15) is 4.79 Å². The van der Waals surface area contributed by atoms with Crippen LogP contribution in [0.25, 0.3) is 0 Å². The second kappa shape index (κ2) is 6.07. The van der Waals surface area contributed by atoms with Gasteiger partial charge in [-0.15, -0.1) is 0 Å². The normalized spacial score (nSPS) is 15.7. The first kappa shape index (κ1) is 11.5. The molecule has 0 aromatic heterocycles. The highest BCUT2D eigenvalue weighted by Crippen LogP contribution is 2.02. The summed E-state index contributed by atoms with van der Waals surface area (Å²) in [6.45, 7) is -0.931. The Labute approximate surface area is 70.9 Å². The van der Waals surface area contributed by atoms with E-state index in [1.165, 1.54) is 14.2 Å². The Bertz CT molecular complexity index is 132. The molecular formula is C7H14O5. The van der Waals surface area contributed by atoms with Crippen LogP contribution >= 0.6 is 0 Å². The molecule has 0 radical (unpaired) electrons. The van der Waals surface area contributed by atoms with Gasteiger partial charge in [-0.05, 0) is 0 Å². The van der Waals surface area contributed by atoms with Gasteiger partial charge in [-0.25, -0.2) is 0 Å². The highest BCUT2D eigenvalue weighted by molar-refractivity contribution is 5.84. The molecule has 5 nitrogen and oxygen atoms in total. The summed E-state index contributed by atoms with van der Waals surface area (Å²) >= 11 is 0. The van der Waals surface area contributed by atoms with Crippen molar-refractivity contribution in [1.82, 2.24) is 0 Å². The second-order valence-electron chi connectivity index (χ2n) is 2.24. The fourth-order valence-electron chi connectivity index (χ4n) is 0.874. The molecule has 0 fully saturated rings. The summed E-state index contributed by atoms with van der Waals surface area (Å²) < 4.78 is 9.52. The van der Waals surface area contributed by atoms with Crippen LogP contribution < -0.4 is 0 Å². The lowest BCUT2D eigenvalue weighted by Gasteiger charge is -2.20. The SMILES string of the molecule is CO[C@H](C(=O)CO)[C@@H](CO)OC. The Morgan fingerprint density at radius 3 is 2.17 bits per heavy atom. The summed E-state index contributed by atoms with van der Waals surface area (Å²) in [5.41, 5.74) is 0. The number of rotatable bonds is 6. The van der Waals surface area contributed by atoms with Crippen LogP contribution in [0.1, 0.15) is 0 Å². The van der Waals surface area contributed by atoms with Gasteiger partial charge < -0.3 is 19.7 Å². The number of hydrogen-bond acceptors (Lipinski definition) is 5. The molecule has 0 aliphatic carbocycles. The maximum absolute atomic E-state index is 10.9. The molecule has 72 valence electrons. The van der Waals surface area contributed by atoms with E-state index in [-0.39, 0.29) is 6.61 Å². The van der Waals surface area contributed by atoms with Crippen LogP contribution in [0, 0.1) is 0 Å². The van der Waals surface area contributed by atoms with Gasteiger partial charge in [0.1, 0.15) is 18.8 Å². The third-order valence-corrected chi connectivity index (χ3v) is 1.55. The average Bonchev–Trinajstić information content (AvgIpc) is 2.12. The van der Waals surface area contributed by atoms with Gasteiger partial charge in [0.2, 0.25) is 0 Å². The zero-order chi connectivity index (χ0) is 9.56. The van der Waals surface area contributed by atoms with E-state index >= 15 is 0 Å². The first-order valence-electron chi connectivity index (χ1n) is 3.51. The minimum absolute atomic E-state index is 0.319. The van der Waals surface area contributed by atoms with E-state index in [2.05, 4.69) is 0 Å². The molecular weight excluding hydrogens is 164 g/mol. The molecule has 0 aliphatic rings. The van der Waals surface area contributed by atoms with Crippen LogP contribution in [0.4, 0.5) is 0 Å². The number of ether oxygens (including phenoxy) is 2. The van der Waals surface area contributed by atoms with Crippen LogP contribution in [0.15, 0.2) is 0 Å². The lowest BCUT2D eigenvalue weighted by Crippen LogP contribution is -2.40. The standard InChI is InChI=1S/C7H14O5/c1-11-6(4-9)7(12-2)5(10)3-8/h6-9H,3-4H2,1-2H3/t6-,7-/m1/s1. The third kappa shape index (κ3) is 2.86. The van der Waals surface area contributed by atoms with Crippen molar-refractivity contribution in [3.8, 4) is 0 Å². The summed E-state index contributed by atoms with van der Waals surface area (Å²) in [6, 6.07) is 0. The van der Waals surface area contributed by atoms with Gasteiger partial charge in [0, 0.05) is 14.2 Å². The molecule has 0 aromatic rings. The van der Waals surface area contributed by atoms with Crippen LogP contribution in [0.3, 0.4) is 0 Å². The van der Waals surface area contributed by atoms with Crippen LogP contribution in [0.2, 0.25) is 0 Å². The van der Waals surface area contributed by atoms with Crippen molar-refractivity contribution >= 4 is 5.78 Å². The largest absolute Gasteiger partial charge is 0.394 e. The number of aliphatic hydroxyl groups excluding tert-OH is 2. The molecule has 0 saturated carbocycles. The Kier molecular flexibility index (Phi) is 5.83. The molecule has 2 N–H and O–H groups in total. The number of aliphatic hydroxyl groups is 2. The third-order valence-electron chi connectivity index (χ3n) is 1.55. The van der Waals surface area contributed by atoms with E-state index in [0.717, 1.165) is 0 Å². The quantitative estimate of drug-likeness (QED) is 0.521. The number of carbonyl (C=O) groups excluding carboxylic acids is 1. The summed E-state index contributed by atoms with van der Waals surface area (Å²) in [5, 5.41) is 17.2. The Morgan fingerprint density at radius 2 is 1.92 bits per heavy atom. The predicted octanol–water partition coefficient (Wildman–Crippen LogP) is -1.43. The molecule has 0 bridgehead atoms. The van der Waals surface area contributed by atoms with Crippen molar-refractivity contribution < 1.29 is 24.5 Å². The van der Waals surface area contributed by atoms with E-state index in [1.807, 2.05) is 0 Å². The minimum Gasteiger partial charge on any atom is -0.394 e. The lowest BCUT2D eigenvalue weighted by molar-refractivity contribution is -0.142. The Balaban J connectivity index is 4.19. The van der Waals surface area contributed by atoms with Crippen molar-refractivity contribution in [1.29, 1.82) is 0 Å². The molecule has 0 amide bonds. The second-order valence-corrected chi connectivity index (χ2v) is 2.24. The van der Waals surface area contributed by atoms with Gasteiger partial charge in [-0.3, -0.25) is 4.79 Å². The topological polar surface area (TPSA) is 76.0 Å². The van der Waals surface area contributed by atoms with E-state index in [4.69, 9.17) is 19.7 Å². The number of carbonyl (C=O) groups is 1. The molecule has 0 spiro atoms. The van der Waals surface area contributed by atoms with Gasteiger partial charge in [-0.2, -0.15) is 0 Å². The first-order valence-corrected chi connectivity index (χ1v) is 3.51. The van der Waals surface area contributed by atoms with Crippen LogP contribution in [0.5, 0.6) is 0 Å². The van der Waals surface area contributed by atoms with Gasteiger partial charge >= 0.3 is 0 Å². The smallest absolute Gasteiger partial charge is 0.189 e. The van der Waals surface area contributed by atoms with E-state index in [0.29, 0.717) is 0 Å². The van der Waals surface area contributed by atoms with Gasteiger partial charge in [0.25, 0.3) is 0 Å². The van der Waals surface area contributed by atoms with Crippen LogP contribution in [-0.2, 0) is 14.3 Å². The molecule has 2 atom stereocenters. The van der Waals surface area contributed by atoms with E-state index < -0.39 is 24.6 Å². The number of hydrogen-bond donors (Lipinski definition) is 2. The van der Waals surface area contributed by atoms with Crippen molar-refractivity contribution in [3.63, 3.8) is 0 Å². The minimum atomic E-state index is -0.898. The van der Waals surface area contributed by atoms with Crippen LogP contribution in [-0.4, -0.2) is 55.6 Å². The molecule has 0 saturated heterocycles. The fourth-order valence-corrected chi connectivity index (χ4v) is 0.874. The molecule has 0 aromatic carbocycles. The first-order chi connectivity index (χ1) is 5.71. The molecule has 0 rings (SSSR count). The van der Waals surface area contributed by atoms with Gasteiger partial charge in [-0.1, -0.05) is 0 Å². The summed E-state index contributed by atoms with van der Waals surface area (Å²) in [7, 11) is 2.68. The lowest BCUT2D eigenvalue weighted by atomic mass is 10.1. The Morgan fingerprint density at radius 1 is 1.33 bits per heavy atom. The fraction of sp³-hybridized carbons (Fsp3) is 0.857. The maximum Gasteiger partial charge on any atom is 0.189 e. The zero-order valence-electron chi connectivity index (χ0n) is 7.19. The summed E-state index contributed by atoms with van der Waals surface area (Å²) in [4.78, 5) is 10.9. The van der Waals surface area contributed by atoms with Crippen molar-refractivity contribution in [2.45, 2.75) is 12.2 Å². The predicted molar refractivity (Wildman–Crippen MR) is 40.8 cm³/mol. The molecule has 0 unspecified atom stereocenters. The van der Waals surface area contributed by atoms with Crippen molar-refractivity contribution in [2.24, 2.45) is 0 Å². The Hall–Kier alpha value is -0.490. The van der Waals surface area contributed by atoms with E-state index in [1.54, 1.807) is 0 Å². The number of ketones is 1. The highest BCUT2D eigenvalue weighted by atomic mass is 16.5. The number of methoxy groups -OCH3 is 2. The molecule has 0 aliphatic heterocycles. The van der Waals surface area contributed by atoms with Crippen molar-refractivity contribution in [2.75, 3.05) is 27.4 Å². The average molecular weight is 178 g/mol. The molecule has 12 heavy (non-hydrogen) atoms. The maximum atomic E-state index is 10.9. The molecule has 5 heteroatoms. The monoisotopic (exact) mass is 178 g/mol. The summed E-state index contributed by atoms with van der Waals surface area (Å²) in [6.07, 6.45) is -1.61. The van der Waals surface area contributed by atoms with Gasteiger partial charge in [0.05, 0.1) is 6.61 Å². The van der Waals surface area contributed by atoms with Crippen molar-refractivity contribution in [3.05, 3.63) is 0 Å². The summed E-state index contributed by atoms with van der Waals surface area (Å²) in [5.74, 6) is -0.501. The zero-order valence-corrected chi connectivity index (χ0v) is 7.19. The molecule has 0 heterocycles. The highest BCUT2D eigenvalue weighted by Gasteiger charge is 2.26.